The molecule has 0 saturated carbocycles. The second-order valence-corrected chi connectivity index (χ2v) is 7.38. The molecule has 4 rings (SSSR count). The van der Waals surface area contributed by atoms with Crippen LogP contribution in [0.2, 0.25) is 0 Å². The van der Waals surface area contributed by atoms with Gasteiger partial charge >= 0.3 is 0 Å². The van der Waals surface area contributed by atoms with E-state index in [4.69, 9.17) is 5.73 Å². The summed E-state index contributed by atoms with van der Waals surface area (Å²) in [6.45, 7) is 5.11. The fourth-order valence-electron chi connectivity index (χ4n) is 3.65. The van der Waals surface area contributed by atoms with Gasteiger partial charge in [0.1, 0.15) is 5.69 Å². The summed E-state index contributed by atoms with van der Waals surface area (Å²) in [5.74, 6) is -0.234. The molecule has 0 radical (unpaired) electrons. The molecule has 1 amide bonds. The van der Waals surface area contributed by atoms with Gasteiger partial charge in [0.25, 0.3) is 5.91 Å². The van der Waals surface area contributed by atoms with E-state index in [1.165, 1.54) is 11.1 Å². The summed E-state index contributed by atoms with van der Waals surface area (Å²) in [5, 5.41) is 3.01. The number of nitrogens with two attached hydrogens (primary N) is 1. The van der Waals surface area contributed by atoms with Crippen molar-refractivity contribution in [2.75, 3.05) is 6.54 Å². The van der Waals surface area contributed by atoms with Gasteiger partial charge in [-0.3, -0.25) is 14.8 Å². The minimum Gasteiger partial charge on any atom is -0.343 e. The quantitative estimate of drug-likeness (QED) is 0.618. The molecule has 5 nitrogen and oxygen atoms in total. The van der Waals surface area contributed by atoms with E-state index in [1.54, 1.807) is 6.20 Å². The number of hydrogen-bond donors (Lipinski definition) is 2. The standard InChI is InChI=1S/C24H24N4O.CH4.H2S/c1-15-4-3-5-19(10-15)23(13-25)28-24(29)22-12-18(8-9-26-22)17-6-7-20-14-27-16(2)21(20)11-17;;/h3-12,23H,13-14,25H2,1-2H3,(H,28,29);1H4;1H2/t23-;;/m1../s1. The molecule has 2 heterocycles. The summed E-state index contributed by atoms with van der Waals surface area (Å²) in [7, 11) is 0. The van der Waals surface area contributed by atoms with Gasteiger partial charge in [-0.25, -0.2) is 0 Å². The van der Waals surface area contributed by atoms with Crippen LogP contribution in [-0.2, 0) is 6.54 Å². The van der Waals surface area contributed by atoms with Gasteiger partial charge in [0, 0.05) is 24.0 Å². The van der Waals surface area contributed by atoms with Gasteiger partial charge in [0.05, 0.1) is 12.6 Å². The number of pyridine rings is 1. The summed E-state index contributed by atoms with van der Waals surface area (Å²) in [6.07, 6.45) is 1.67. The number of benzene rings is 2. The zero-order valence-electron chi connectivity index (χ0n) is 17.1. The van der Waals surface area contributed by atoms with Crippen molar-refractivity contribution in [2.24, 2.45) is 10.7 Å². The van der Waals surface area contributed by atoms with Gasteiger partial charge in [0.15, 0.2) is 0 Å². The lowest BCUT2D eigenvalue weighted by molar-refractivity contribution is 0.0933. The van der Waals surface area contributed by atoms with E-state index < -0.39 is 0 Å². The Morgan fingerprint density at radius 1 is 1.10 bits per heavy atom. The lowest BCUT2D eigenvalue weighted by atomic mass is 9.98. The number of carbonyl (C=O) groups is 1. The van der Waals surface area contributed by atoms with E-state index in [2.05, 4.69) is 33.5 Å². The van der Waals surface area contributed by atoms with Gasteiger partial charge in [-0.05, 0) is 54.3 Å². The third-order valence-electron chi connectivity index (χ3n) is 5.30. The molecule has 0 aliphatic carbocycles. The number of nitrogens with one attached hydrogen (secondary N) is 1. The van der Waals surface area contributed by atoms with Crippen molar-refractivity contribution >= 4 is 25.1 Å². The normalized spacial score (nSPS) is 12.7. The van der Waals surface area contributed by atoms with E-state index >= 15 is 0 Å². The number of hydrogen-bond acceptors (Lipinski definition) is 4. The van der Waals surface area contributed by atoms with Crippen molar-refractivity contribution in [3.63, 3.8) is 0 Å². The Bertz CT molecular complexity index is 1110. The monoisotopic (exact) mass is 434 g/mol. The van der Waals surface area contributed by atoms with Crippen molar-refractivity contribution in [2.45, 2.75) is 33.9 Å². The van der Waals surface area contributed by atoms with Crippen molar-refractivity contribution in [3.05, 3.63) is 88.7 Å². The number of carbonyl (C=O) groups excluding carboxylic acids is 1. The average Bonchev–Trinajstić information content (AvgIpc) is 3.12. The molecule has 6 heteroatoms. The first-order valence-electron chi connectivity index (χ1n) is 9.73. The van der Waals surface area contributed by atoms with E-state index in [-0.39, 0.29) is 32.9 Å². The largest absolute Gasteiger partial charge is 0.343 e. The topological polar surface area (TPSA) is 80.4 Å². The van der Waals surface area contributed by atoms with Crippen LogP contribution < -0.4 is 11.1 Å². The molecule has 3 N–H and O–H groups in total. The maximum absolute atomic E-state index is 12.8. The first kappa shape index (κ1) is 24.3. The van der Waals surface area contributed by atoms with Crippen molar-refractivity contribution in [1.29, 1.82) is 0 Å². The third-order valence-corrected chi connectivity index (χ3v) is 5.30. The zero-order valence-corrected chi connectivity index (χ0v) is 18.1. The molecule has 2 aromatic carbocycles. The summed E-state index contributed by atoms with van der Waals surface area (Å²) in [6, 6.07) is 17.8. The Morgan fingerprint density at radius 2 is 1.87 bits per heavy atom. The van der Waals surface area contributed by atoms with E-state index in [0.717, 1.165) is 34.5 Å². The first-order chi connectivity index (χ1) is 14.0. The smallest absolute Gasteiger partial charge is 0.270 e. The summed E-state index contributed by atoms with van der Waals surface area (Å²) in [4.78, 5) is 21.6. The van der Waals surface area contributed by atoms with Crippen LogP contribution in [0.3, 0.4) is 0 Å². The number of nitrogens with zero attached hydrogens (tertiary/aromatic N) is 2. The average molecular weight is 435 g/mol. The van der Waals surface area contributed by atoms with Crippen molar-refractivity contribution < 1.29 is 4.79 Å². The molecule has 3 aromatic rings. The van der Waals surface area contributed by atoms with E-state index in [9.17, 15) is 4.79 Å². The van der Waals surface area contributed by atoms with Gasteiger partial charge in [0.2, 0.25) is 0 Å². The SMILES string of the molecule is C.CC1=NCc2ccc(-c3ccnc(C(=O)N[C@H](CN)c4cccc(C)c4)c3)cc21.S. The minimum atomic E-state index is -0.258. The summed E-state index contributed by atoms with van der Waals surface area (Å²) in [5.41, 5.74) is 13.9. The Morgan fingerprint density at radius 3 is 2.61 bits per heavy atom. The summed E-state index contributed by atoms with van der Waals surface area (Å²) >= 11 is 0. The van der Waals surface area contributed by atoms with Crippen LogP contribution in [0, 0.1) is 6.92 Å². The molecule has 1 aromatic heterocycles. The van der Waals surface area contributed by atoms with Crippen LogP contribution in [0.25, 0.3) is 11.1 Å². The fraction of sp³-hybridized carbons (Fsp3) is 0.240. The maximum atomic E-state index is 12.8. The second kappa shape index (κ2) is 10.4. The molecule has 1 aliphatic rings. The zero-order chi connectivity index (χ0) is 20.4. The van der Waals surface area contributed by atoms with Gasteiger partial charge in [-0.15, -0.1) is 0 Å². The highest BCUT2D eigenvalue weighted by molar-refractivity contribution is 7.59. The molecular weight excluding hydrogens is 404 g/mol. The molecule has 1 atom stereocenters. The van der Waals surface area contributed by atoms with Gasteiger partial charge in [-0.2, -0.15) is 13.5 Å². The Kier molecular flexibility index (Phi) is 8.14. The first-order valence-corrected chi connectivity index (χ1v) is 9.73. The van der Waals surface area contributed by atoms with Crippen LogP contribution in [-0.4, -0.2) is 23.1 Å². The Hall–Kier alpha value is -2.96. The summed E-state index contributed by atoms with van der Waals surface area (Å²) < 4.78 is 0. The molecule has 0 bridgehead atoms. The molecular formula is C25H30N4OS. The number of rotatable bonds is 5. The van der Waals surface area contributed by atoms with Crippen LogP contribution in [0.15, 0.2) is 65.8 Å². The lowest BCUT2D eigenvalue weighted by Crippen LogP contribution is -2.33. The molecule has 162 valence electrons. The van der Waals surface area contributed by atoms with Gasteiger partial charge in [-0.1, -0.05) is 49.4 Å². The number of amides is 1. The lowest BCUT2D eigenvalue weighted by Gasteiger charge is -2.18. The number of aliphatic imine (C=N–C) groups is 1. The van der Waals surface area contributed by atoms with Crippen LogP contribution in [0.5, 0.6) is 0 Å². The molecule has 0 unspecified atom stereocenters. The highest BCUT2D eigenvalue weighted by Crippen LogP contribution is 2.27. The molecule has 0 spiro atoms. The molecule has 0 saturated heterocycles. The van der Waals surface area contributed by atoms with Crippen molar-refractivity contribution in [3.8, 4) is 11.1 Å². The second-order valence-electron chi connectivity index (χ2n) is 7.38. The predicted molar refractivity (Wildman–Crippen MR) is 133 cm³/mol. The maximum Gasteiger partial charge on any atom is 0.270 e. The highest BCUT2D eigenvalue weighted by Gasteiger charge is 2.17. The Balaban J connectivity index is 0.00000171. The van der Waals surface area contributed by atoms with Crippen LogP contribution in [0.1, 0.15) is 53.1 Å². The number of aryl methyl sites for hydroxylation is 1. The van der Waals surface area contributed by atoms with E-state index in [1.807, 2.05) is 50.2 Å². The van der Waals surface area contributed by atoms with Crippen LogP contribution in [0.4, 0.5) is 0 Å². The minimum absolute atomic E-state index is 0. The molecule has 1 aliphatic heterocycles. The Labute approximate surface area is 191 Å². The third kappa shape index (κ3) is 5.21. The number of fused-ring (bicyclic) bond motifs is 1. The van der Waals surface area contributed by atoms with Crippen LogP contribution >= 0.6 is 13.5 Å². The molecule has 0 fully saturated rings. The fourth-order valence-corrected chi connectivity index (χ4v) is 3.65. The highest BCUT2D eigenvalue weighted by atomic mass is 32.1. The predicted octanol–water partition coefficient (Wildman–Crippen LogP) is 4.56. The van der Waals surface area contributed by atoms with Crippen molar-refractivity contribution in [1.82, 2.24) is 10.3 Å². The van der Waals surface area contributed by atoms with E-state index in [0.29, 0.717) is 12.2 Å². The number of aromatic nitrogens is 1. The molecule has 31 heavy (non-hydrogen) atoms. The van der Waals surface area contributed by atoms with Gasteiger partial charge < -0.3 is 11.1 Å².